The average Bonchev–Trinajstić information content (AvgIpc) is 3.11. The molecule has 3 heterocycles. The van der Waals surface area contributed by atoms with Crippen LogP contribution in [0.5, 0.6) is 0 Å². The van der Waals surface area contributed by atoms with Crippen LogP contribution in [0.4, 0.5) is 5.82 Å². The molecule has 1 aliphatic heterocycles. The van der Waals surface area contributed by atoms with Crippen molar-refractivity contribution in [3.8, 4) is 0 Å². The van der Waals surface area contributed by atoms with Crippen LogP contribution in [0.3, 0.4) is 0 Å². The lowest BCUT2D eigenvalue weighted by atomic mass is 9.93. The number of aromatic nitrogens is 2. The van der Waals surface area contributed by atoms with Crippen LogP contribution in [0, 0.1) is 13.8 Å². The molecule has 3 atom stereocenters. The summed E-state index contributed by atoms with van der Waals surface area (Å²) >= 11 is 0. The predicted octanol–water partition coefficient (Wildman–Crippen LogP) is 2.72. The number of furan rings is 1. The molecule has 1 saturated carbocycles. The van der Waals surface area contributed by atoms with E-state index in [1.807, 2.05) is 6.92 Å². The van der Waals surface area contributed by atoms with Crippen LogP contribution in [-0.2, 0) is 0 Å². The molecular weight excluding hydrogens is 396 g/mol. The van der Waals surface area contributed by atoms with Gasteiger partial charge in [0.05, 0.1) is 17.7 Å². The number of carbonyl (C=O) groups excluding carboxylic acids is 1. The second kappa shape index (κ2) is 9.26. The Labute approximate surface area is 182 Å². The van der Waals surface area contributed by atoms with Crippen molar-refractivity contribution >= 4 is 11.7 Å². The maximum atomic E-state index is 12.6. The standard InChI is InChI=1S/C23H32N4O4/c1-15-13-18(16(2)31-15)23(30)24-14-17-7-5-6-12-26(17)21-10-11-22(29)27(25-21)19-8-3-4-9-20(19)28/h10-11,13,17,19-20,28H,3-9,12,14H2,1-2H3,(H,24,30). The largest absolute Gasteiger partial charge is 0.466 e. The van der Waals surface area contributed by atoms with Crippen molar-refractivity contribution in [2.45, 2.75) is 77.0 Å². The fourth-order valence-corrected chi connectivity index (χ4v) is 4.86. The molecule has 2 aromatic heterocycles. The molecule has 4 rings (SSSR count). The molecule has 2 aliphatic rings. The summed E-state index contributed by atoms with van der Waals surface area (Å²) in [6.07, 6.45) is 5.97. The Morgan fingerprint density at radius 3 is 2.71 bits per heavy atom. The minimum atomic E-state index is -0.535. The lowest BCUT2D eigenvalue weighted by Crippen LogP contribution is -2.48. The first-order chi connectivity index (χ1) is 14.9. The second-order valence-electron chi connectivity index (χ2n) is 8.77. The van der Waals surface area contributed by atoms with Gasteiger partial charge < -0.3 is 19.7 Å². The van der Waals surface area contributed by atoms with E-state index in [-0.39, 0.29) is 23.6 Å². The summed E-state index contributed by atoms with van der Waals surface area (Å²) < 4.78 is 6.95. The summed E-state index contributed by atoms with van der Waals surface area (Å²) in [7, 11) is 0. The second-order valence-corrected chi connectivity index (χ2v) is 8.77. The number of carbonyl (C=O) groups is 1. The number of aliphatic hydroxyl groups is 1. The molecule has 1 aliphatic carbocycles. The molecule has 8 nitrogen and oxygen atoms in total. The van der Waals surface area contributed by atoms with Crippen LogP contribution >= 0.6 is 0 Å². The summed E-state index contributed by atoms with van der Waals surface area (Å²) in [4.78, 5) is 27.3. The topological polar surface area (TPSA) is 101 Å². The smallest absolute Gasteiger partial charge is 0.267 e. The molecule has 2 N–H and O–H groups in total. The highest BCUT2D eigenvalue weighted by atomic mass is 16.3. The molecular formula is C23H32N4O4. The number of amides is 1. The number of piperidine rings is 1. The molecule has 8 heteroatoms. The molecule has 3 unspecified atom stereocenters. The molecule has 31 heavy (non-hydrogen) atoms. The summed E-state index contributed by atoms with van der Waals surface area (Å²) in [5.74, 6) is 1.93. The summed E-state index contributed by atoms with van der Waals surface area (Å²) in [6, 6.07) is 4.90. The molecule has 0 bridgehead atoms. The first kappa shape index (κ1) is 21.6. The van der Waals surface area contributed by atoms with Crippen molar-refractivity contribution in [3.63, 3.8) is 0 Å². The van der Waals surface area contributed by atoms with E-state index in [1.54, 1.807) is 25.1 Å². The fourth-order valence-electron chi connectivity index (χ4n) is 4.86. The highest BCUT2D eigenvalue weighted by Crippen LogP contribution is 2.28. The molecule has 168 valence electrons. The molecule has 2 aromatic rings. The van der Waals surface area contributed by atoms with Gasteiger partial charge in [0.15, 0.2) is 0 Å². The number of hydrogen-bond donors (Lipinski definition) is 2. The highest BCUT2D eigenvalue weighted by Gasteiger charge is 2.29. The van der Waals surface area contributed by atoms with Gasteiger partial charge in [0.2, 0.25) is 0 Å². The minimum absolute atomic E-state index is 0.0979. The first-order valence-electron chi connectivity index (χ1n) is 11.3. The third kappa shape index (κ3) is 4.69. The van der Waals surface area contributed by atoms with E-state index < -0.39 is 6.10 Å². The summed E-state index contributed by atoms with van der Waals surface area (Å²) in [5, 5.41) is 18.1. The van der Waals surface area contributed by atoms with E-state index in [0.29, 0.717) is 24.3 Å². The monoisotopic (exact) mass is 428 g/mol. The Morgan fingerprint density at radius 2 is 1.97 bits per heavy atom. The van der Waals surface area contributed by atoms with Crippen LogP contribution < -0.4 is 15.8 Å². The number of nitrogens with zero attached hydrogens (tertiary/aromatic N) is 3. The summed E-state index contributed by atoms with van der Waals surface area (Å²) in [6.45, 7) is 4.94. The Balaban J connectivity index is 1.50. The van der Waals surface area contributed by atoms with Crippen molar-refractivity contribution in [1.29, 1.82) is 0 Å². The van der Waals surface area contributed by atoms with Gasteiger partial charge in [-0.3, -0.25) is 9.59 Å². The van der Waals surface area contributed by atoms with Crippen molar-refractivity contribution in [3.05, 3.63) is 45.6 Å². The normalized spacial score (nSPS) is 24.2. The van der Waals surface area contributed by atoms with E-state index in [9.17, 15) is 14.7 Å². The third-order valence-corrected chi connectivity index (χ3v) is 6.52. The van der Waals surface area contributed by atoms with Gasteiger partial charge in [-0.2, -0.15) is 5.10 Å². The fraction of sp³-hybridized carbons (Fsp3) is 0.609. The number of aliphatic hydroxyl groups excluding tert-OH is 1. The van der Waals surface area contributed by atoms with Crippen molar-refractivity contribution in [2.24, 2.45) is 0 Å². The van der Waals surface area contributed by atoms with Crippen molar-refractivity contribution in [1.82, 2.24) is 15.1 Å². The minimum Gasteiger partial charge on any atom is -0.466 e. The van der Waals surface area contributed by atoms with E-state index in [4.69, 9.17) is 4.42 Å². The zero-order valence-corrected chi connectivity index (χ0v) is 18.3. The average molecular weight is 429 g/mol. The zero-order chi connectivity index (χ0) is 22.0. The lowest BCUT2D eigenvalue weighted by molar-refractivity contribution is 0.0669. The van der Waals surface area contributed by atoms with E-state index >= 15 is 0 Å². The Kier molecular flexibility index (Phi) is 6.46. The van der Waals surface area contributed by atoms with E-state index in [2.05, 4.69) is 15.3 Å². The highest BCUT2D eigenvalue weighted by molar-refractivity contribution is 5.95. The van der Waals surface area contributed by atoms with Gasteiger partial charge in [-0.25, -0.2) is 4.68 Å². The number of aryl methyl sites for hydroxylation is 2. The Hall–Kier alpha value is -2.61. The van der Waals surface area contributed by atoms with Crippen LogP contribution in [0.15, 0.2) is 27.4 Å². The number of hydrogen-bond acceptors (Lipinski definition) is 6. The SMILES string of the molecule is Cc1cc(C(=O)NCC2CCCCN2c2ccc(=O)n(C3CCCCC3O)n2)c(C)o1. The van der Waals surface area contributed by atoms with E-state index in [1.165, 1.54) is 4.68 Å². The van der Waals surface area contributed by atoms with E-state index in [0.717, 1.165) is 56.6 Å². The zero-order valence-electron chi connectivity index (χ0n) is 18.3. The van der Waals surface area contributed by atoms with Gasteiger partial charge in [-0.1, -0.05) is 12.8 Å². The van der Waals surface area contributed by atoms with Crippen LogP contribution in [0.25, 0.3) is 0 Å². The molecule has 0 aromatic carbocycles. The summed E-state index contributed by atoms with van der Waals surface area (Å²) in [5.41, 5.74) is 0.389. The van der Waals surface area contributed by atoms with Gasteiger partial charge in [-0.05, 0) is 58.1 Å². The molecule has 0 radical (unpaired) electrons. The molecule has 0 spiro atoms. The quantitative estimate of drug-likeness (QED) is 0.760. The predicted molar refractivity (Wildman–Crippen MR) is 118 cm³/mol. The van der Waals surface area contributed by atoms with Crippen LogP contribution in [0.2, 0.25) is 0 Å². The maximum Gasteiger partial charge on any atom is 0.267 e. The first-order valence-corrected chi connectivity index (χ1v) is 11.3. The van der Waals surface area contributed by atoms with Gasteiger partial charge in [0.25, 0.3) is 11.5 Å². The van der Waals surface area contributed by atoms with Crippen molar-refractivity contribution in [2.75, 3.05) is 18.0 Å². The number of anilines is 1. The molecule has 2 fully saturated rings. The van der Waals surface area contributed by atoms with Crippen molar-refractivity contribution < 1.29 is 14.3 Å². The number of nitrogens with one attached hydrogen (secondary N) is 1. The third-order valence-electron chi connectivity index (χ3n) is 6.52. The maximum absolute atomic E-state index is 12.6. The van der Waals surface area contributed by atoms with Crippen LogP contribution in [-0.4, -0.2) is 46.0 Å². The van der Waals surface area contributed by atoms with Gasteiger partial charge in [0, 0.05) is 25.2 Å². The molecule has 1 amide bonds. The van der Waals surface area contributed by atoms with Gasteiger partial charge >= 0.3 is 0 Å². The Morgan fingerprint density at radius 1 is 1.19 bits per heavy atom. The van der Waals surface area contributed by atoms with Gasteiger partial charge in [-0.15, -0.1) is 0 Å². The van der Waals surface area contributed by atoms with Crippen LogP contribution in [0.1, 0.15) is 72.9 Å². The molecule has 1 saturated heterocycles. The van der Waals surface area contributed by atoms with Gasteiger partial charge in [0.1, 0.15) is 17.3 Å². The number of rotatable bonds is 5. The lowest BCUT2D eigenvalue weighted by Gasteiger charge is -2.37. The Bertz CT molecular complexity index is 982.